The number of H-pyrrole nitrogens is 1. The van der Waals surface area contributed by atoms with Crippen LogP contribution in [0.2, 0.25) is 0 Å². The zero-order valence-electron chi connectivity index (χ0n) is 18.2. The maximum absolute atomic E-state index is 13.4. The molecular weight excluding hydrogens is 436 g/mol. The summed E-state index contributed by atoms with van der Waals surface area (Å²) in [6, 6.07) is 6.56. The van der Waals surface area contributed by atoms with Gasteiger partial charge in [0.15, 0.2) is 5.82 Å². The Morgan fingerprint density at radius 1 is 1.28 bits per heavy atom. The van der Waals surface area contributed by atoms with E-state index in [1.54, 1.807) is 39.0 Å². The zero-order chi connectivity index (χ0) is 22.9. The molecule has 2 aromatic heterocycles. The van der Waals surface area contributed by atoms with Crippen molar-refractivity contribution in [3.05, 3.63) is 36.0 Å². The first kappa shape index (κ1) is 22.2. The van der Waals surface area contributed by atoms with Gasteiger partial charge in [0, 0.05) is 6.54 Å². The Morgan fingerprint density at radius 3 is 2.81 bits per heavy atom. The molecule has 0 spiro atoms. The number of nitrogens with one attached hydrogen (secondary N) is 2. The monoisotopic (exact) mass is 462 g/mol. The van der Waals surface area contributed by atoms with E-state index in [0.29, 0.717) is 24.0 Å². The second-order valence-corrected chi connectivity index (χ2v) is 10.4. The molecule has 0 radical (unpaired) electrons. The van der Waals surface area contributed by atoms with Crippen LogP contribution >= 0.6 is 0 Å². The summed E-state index contributed by atoms with van der Waals surface area (Å²) in [6.45, 7) is 5.58. The lowest BCUT2D eigenvalue weighted by Gasteiger charge is -2.31. The molecule has 1 saturated heterocycles. The van der Waals surface area contributed by atoms with Crippen LogP contribution in [0, 0.1) is 0 Å². The fourth-order valence-corrected chi connectivity index (χ4v) is 5.13. The number of aromatic amines is 1. The molecule has 1 amide bonds. The fraction of sp³-hybridized carbons (Fsp3) is 0.500. The van der Waals surface area contributed by atoms with E-state index in [9.17, 15) is 13.2 Å². The Labute approximate surface area is 185 Å². The van der Waals surface area contributed by atoms with Gasteiger partial charge in [-0.05, 0) is 45.7 Å². The average Bonchev–Trinajstić information content (AvgIpc) is 3.38. The molecule has 1 fully saturated rings. The highest BCUT2D eigenvalue weighted by Crippen LogP contribution is 2.34. The molecule has 1 unspecified atom stereocenters. The molecule has 3 heterocycles. The molecule has 1 aromatic carbocycles. The number of imidazole rings is 1. The van der Waals surface area contributed by atoms with Crippen LogP contribution in [0.3, 0.4) is 0 Å². The third kappa shape index (κ3) is 4.75. The minimum Gasteiger partial charge on any atom is -0.444 e. The van der Waals surface area contributed by atoms with Gasteiger partial charge in [-0.2, -0.15) is 9.29 Å². The van der Waals surface area contributed by atoms with Crippen molar-refractivity contribution in [3.63, 3.8) is 0 Å². The van der Waals surface area contributed by atoms with Gasteiger partial charge in [-0.3, -0.25) is 0 Å². The van der Waals surface area contributed by atoms with E-state index in [1.165, 1.54) is 4.31 Å². The molecular formula is C20H26N6O5S. The number of hydrogen-bond acceptors (Lipinski definition) is 8. The third-order valence-electron chi connectivity index (χ3n) is 4.94. The highest BCUT2D eigenvalue weighted by molar-refractivity contribution is 7.89. The Hall–Kier alpha value is -2.99. The number of para-hydroxylation sites is 2. The summed E-state index contributed by atoms with van der Waals surface area (Å²) in [5, 5.41) is 6.42. The molecule has 0 bridgehead atoms. The number of hydrogen-bond donors (Lipinski definition) is 2. The number of amides is 1. The van der Waals surface area contributed by atoms with Crippen LogP contribution in [0.4, 0.5) is 4.79 Å². The normalized spacial score (nSPS) is 18.0. The molecule has 1 aliphatic rings. The summed E-state index contributed by atoms with van der Waals surface area (Å²) in [5.41, 5.74) is 0.599. The molecule has 172 valence electrons. The van der Waals surface area contributed by atoms with E-state index >= 15 is 0 Å². The number of ether oxygens (including phenoxy) is 1. The smallest absolute Gasteiger partial charge is 0.408 e. The summed E-state index contributed by atoms with van der Waals surface area (Å²) >= 11 is 0. The lowest BCUT2D eigenvalue weighted by molar-refractivity contribution is 0.0517. The van der Waals surface area contributed by atoms with Gasteiger partial charge in [0.25, 0.3) is 10.0 Å². The number of nitrogens with zero attached hydrogens (tertiary/aromatic N) is 4. The number of aromatic nitrogens is 4. The predicted octanol–water partition coefficient (Wildman–Crippen LogP) is 2.89. The lowest BCUT2D eigenvalue weighted by Crippen LogP contribution is -2.39. The largest absolute Gasteiger partial charge is 0.444 e. The Morgan fingerprint density at radius 2 is 2.06 bits per heavy atom. The number of piperidine rings is 1. The number of rotatable bonds is 5. The SMILES string of the molecule is CC(C)(C)OC(=O)NCc1nc(C2CCCCN2S(=O)(=O)c2nc3ccccc3[nH]2)no1. The standard InChI is InChI=1S/C20H26N6O5S/c1-20(2,3)30-19(27)21-12-16-24-17(25-31-16)15-10-6-7-11-26(15)32(28,29)18-22-13-8-4-5-9-14(13)23-18/h4-5,8-9,15H,6-7,10-12H2,1-3H3,(H,21,27)(H,22,23). The summed E-state index contributed by atoms with van der Waals surface area (Å²) in [4.78, 5) is 23.3. The Bertz CT molecular complexity index is 1180. The first-order chi connectivity index (χ1) is 15.1. The van der Waals surface area contributed by atoms with Crippen molar-refractivity contribution in [2.24, 2.45) is 0 Å². The summed E-state index contributed by atoms with van der Waals surface area (Å²) in [7, 11) is -3.90. The number of fused-ring (bicyclic) bond motifs is 1. The lowest BCUT2D eigenvalue weighted by atomic mass is 10.0. The molecule has 0 saturated carbocycles. The van der Waals surface area contributed by atoms with Crippen molar-refractivity contribution in [2.45, 2.75) is 63.4 Å². The van der Waals surface area contributed by atoms with E-state index in [-0.39, 0.29) is 23.4 Å². The molecule has 2 N–H and O–H groups in total. The van der Waals surface area contributed by atoms with Crippen molar-refractivity contribution in [1.29, 1.82) is 0 Å². The van der Waals surface area contributed by atoms with Gasteiger partial charge in [0.05, 0.1) is 17.1 Å². The van der Waals surface area contributed by atoms with Crippen LogP contribution in [0.15, 0.2) is 33.9 Å². The topological polar surface area (TPSA) is 143 Å². The second-order valence-electron chi connectivity index (χ2n) is 8.59. The first-order valence-corrected chi connectivity index (χ1v) is 11.8. The minimum absolute atomic E-state index is 0.0229. The maximum atomic E-state index is 13.4. The van der Waals surface area contributed by atoms with Gasteiger partial charge < -0.3 is 19.6 Å². The first-order valence-electron chi connectivity index (χ1n) is 10.4. The number of carbonyl (C=O) groups excluding carboxylic acids is 1. The molecule has 4 rings (SSSR count). The summed E-state index contributed by atoms with van der Waals surface area (Å²) in [5.74, 6) is 0.419. The molecule has 32 heavy (non-hydrogen) atoms. The quantitative estimate of drug-likeness (QED) is 0.589. The zero-order valence-corrected chi connectivity index (χ0v) is 19.0. The Kier molecular flexibility index (Phi) is 5.91. The second kappa shape index (κ2) is 8.51. The molecule has 12 heteroatoms. The molecule has 1 atom stereocenters. The fourth-order valence-electron chi connectivity index (χ4n) is 3.55. The van der Waals surface area contributed by atoms with Crippen molar-refractivity contribution in [1.82, 2.24) is 29.7 Å². The highest BCUT2D eigenvalue weighted by atomic mass is 32.2. The van der Waals surface area contributed by atoms with Crippen LogP contribution in [0.1, 0.15) is 57.8 Å². The van der Waals surface area contributed by atoms with Gasteiger partial charge in [-0.25, -0.2) is 18.2 Å². The van der Waals surface area contributed by atoms with Crippen LogP contribution < -0.4 is 5.32 Å². The van der Waals surface area contributed by atoms with Gasteiger partial charge >= 0.3 is 6.09 Å². The molecule has 1 aliphatic heterocycles. The predicted molar refractivity (Wildman–Crippen MR) is 114 cm³/mol. The van der Waals surface area contributed by atoms with Crippen molar-refractivity contribution in [3.8, 4) is 0 Å². The maximum Gasteiger partial charge on any atom is 0.408 e. The van der Waals surface area contributed by atoms with Crippen molar-refractivity contribution in [2.75, 3.05) is 6.54 Å². The van der Waals surface area contributed by atoms with Gasteiger partial charge in [0.1, 0.15) is 12.1 Å². The highest BCUT2D eigenvalue weighted by Gasteiger charge is 2.38. The van der Waals surface area contributed by atoms with Crippen molar-refractivity contribution >= 4 is 27.1 Å². The number of alkyl carbamates (subject to hydrolysis) is 1. The summed E-state index contributed by atoms with van der Waals surface area (Å²) in [6.07, 6.45) is 1.50. The van der Waals surface area contributed by atoms with Crippen LogP contribution in [0.25, 0.3) is 11.0 Å². The number of sulfonamides is 1. The molecule has 0 aliphatic carbocycles. The minimum atomic E-state index is -3.90. The third-order valence-corrected chi connectivity index (χ3v) is 6.68. The van der Waals surface area contributed by atoms with Crippen LogP contribution in [0.5, 0.6) is 0 Å². The average molecular weight is 463 g/mol. The van der Waals surface area contributed by atoms with Crippen LogP contribution in [-0.4, -0.2) is 51.1 Å². The van der Waals surface area contributed by atoms with E-state index in [4.69, 9.17) is 9.26 Å². The van der Waals surface area contributed by atoms with Gasteiger partial charge in [0.2, 0.25) is 11.0 Å². The molecule has 3 aromatic rings. The number of benzene rings is 1. The van der Waals surface area contributed by atoms with Gasteiger partial charge in [-0.15, -0.1) is 0 Å². The van der Waals surface area contributed by atoms with E-state index in [1.807, 2.05) is 6.07 Å². The van der Waals surface area contributed by atoms with Crippen molar-refractivity contribution < 1.29 is 22.5 Å². The Balaban J connectivity index is 1.52. The number of carbonyl (C=O) groups is 1. The molecule has 11 nitrogen and oxygen atoms in total. The van der Waals surface area contributed by atoms with Gasteiger partial charge in [-0.1, -0.05) is 23.7 Å². The van der Waals surface area contributed by atoms with E-state index in [2.05, 4.69) is 25.4 Å². The van der Waals surface area contributed by atoms with Crippen LogP contribution in [-0.2, 0) is 21.3 Å². The summed E-state index contributed by atoms with van der Waals surface area (Å²) < 4.78 is 38.5. The van der Waals surface area contributed by atoms with E-state index in [0.717, 1.165) is 12.8 Å². The van der Waals surface area contributed by atoms with E-state index < -0.39 is 27.8 Å².